The third-order valence-corrected chi connectivity index (χ3v) is 5.55. The molecule has 2 N–H and O–H groups in total. The molecule has 0 aliphatic carbocycles. The van der Waals surface area contributed by atoms with Crippen molar-refractivity contribution in [1.29, 1.82) is 0 Å². The van der Waals surface area contributed by atoms with Gasteiger partial charge in [-0.15, -0.1) is 0 Å². The number of nitrogens with zero attached hydrogens (tertiary/aromatic N) is 5. The fourth-order valence-electron chi connectivity index (χ4n) is 4.04. The van der Waals surface area contributed by atoms with Crippen LogP contribution in [0.15, 0.2) is 30.7 Å². The van der Waals surface area contributed by atoms with Crippen molar-refractivity contribution in [2.24, 2.45) is 0 Å². The predicted molar refractivity (Wildman–Crippen MR) is 104 cm³/mol. The van der Waals surface area contributed by atoms with E-state index in [1.54, 1.807) is 12.4 Å². The summed E-state index contributed by atoms with van der Waals surface area (Å²) in [6, 6.07) is 4.37. The summed E-state index contributed by atoms with van der Waals surface area (Å²) in [6.07, 6.45) is 11.0. The Kier molecular flexibility index (Phi) is 5.29. The van der Waals surface area contributed by atoms with Crippen LogP contribution in [0.25, 0.3) is 11.3 Å². The lowest BCUT2D eigenvalue weighted by molar-refractivity contribution is -0.132. The summed E-state index contributed by atoms with van der Waals surface area (Å²) in [5, 5.41) is 0. The number of nitrogen functional groups attached to an aromatic ring is 1. The Bertz CT molecular complexity index is 770. The zero-order valence-electron chi connectivity index (χ0n) is 15.5. The van der Waals surface area contributed by atoms with Gasteiger partial charge in [0.25, 0.3) is 0 Å². The van der Waals surface area contributed by atoms with E-state index in [1.807, 2.05) is 17.2 Å². The lowest BCUT2D eigenvalue weighted by Gasteiger charge is -2.36. The molecule has 0 radical (unpaired) electrons. The quantitative estimate of drug-likeness (QED) is 0.893. The Labute approximate surface area is 159 Å². The summed E-state index contributed by atoms with van der Waals surface area (Å²) in [6.45, 7) is 3.31. The first kappa shape index (κ1) is 17.9. The number of aromatic nitrogens is 3. The van der Waals surface area contributed by atoms with E-state index in [-0.39, 0.29) is 17.9 Å². The minimum Gasteiger partial charge on any atom is -0.368 e. The number of likely N-dealkylation sites (tertiary alicyclic amines) is 2. The van der Waals surface area contributed by atoms with Gasteiger partial charge in [0, 0.05) is 43.3 Å². The van der Waals surface area contributed by atoms with Crippen LogP contribution in [0.2, 0.25) is 0 Å². The molecule has 1 atom stereocenters. The molecule has 2 aliphatic rings. The van der Waals surface area contributed by atoms with Crippen LogP contribution < -0.4 is 5.73 Å². The average Bonchev–Trinajstić information content (AvgIpc) is 3.24. The van der Waals surface area contributed by atoms with Crippen LogP contribution in [0.1, 0.15) is 43.7 Å². The molecule has 0 saturated carbocycles. The minimum atomic E-state index is 0.259. The molecule has 7 heteroatoms. The van der Waals surface area contributed by atoms with Gasteiger partial charge in [-0.05, 0) is 43.9 Å². The molecule has 2 aromatic heterocycles. The normalized spacial score (nSPS) is 20.7. The summed E-state index contributed by atoms with van der Waals surface area (Å²) < 4.78 is 0. The third kappa shape index (κ3) is 4.08. The van der Waals surface area contributed by atoms with E-state index in [9.17, 15) is 4.79 Å². The number of piperidine rings is 1. The van der Waals surface area contributed by atoms with Crippen molar-refractivity contribution in [3.05, 3.63) is 36.3 Å². The molecule has 2 saturated heterocycles. The Morgan fingerprint density at radius 1 is 1.00 bits per heavy atom. The standard InChI is InChI=1S/C20H26N6O/c21-20-23-12-16(13-24-20)17-7-6-15(11-22-17)18-5-1-2-10-26(18)14-19(27)25-8-3-4-9-25/h6-7,11-13,18H,1-5,8-10,14H2,(H2,21,23,24)/t18-/m1/s1. The van der Waals surface area contributed by atoms with E-state index < -0.39 is 0 Å². The van der Waals surface area contributed by atoms with Crippen molar-refractivity contribution in [1.82, 2.24) is 24.8 Å². The van der Waals surface area contributed by atoms with Crippen LogP contribution in [-0.4, -0.2) is 56.8 Å². The molecule has 0 bridgehead atoms. The minimum absolute atomic E-state index is 0.259. The van der Waals surface area contributed by atoms with Gasteiger partial charge in [0.05, 0.1) is 12.2 Å². The van der Waals surface area contributed by atoms with E-state index >= 15 is 0 Å². The second kappa shape index (κ2) is 8.00. The number of carbonyl (C=O) groups excluding carboxylic acids is 1. The molecule has 1 amide bonds. The zero-order valence-corrected chi connectivity index (χ0v) is 15.5. The highest BCUT2D eigenvalue weighted by molar-refractivity contribution is 5.78. The molecule has 2 aliphatic heterocycles. The third-order valence-electron chi connectivity index (χ3n) is 5.55. The Morgan fingerprint density at radius 3 is 2.44 bits per heavy atom. The SMILES string of the molecule is Nc1ncc(-c2ccc([C@H]3CCCCN3CC(=O)N3CCCC3)cn2)cn1. The van der Waals surface area contributed by atoms with E-state index in [0.29, 0.717) is 6.54 Å². The highest BCUT2D eigenvalue weighted by Crippen LogP contribution is 2.31. The van der Waals surface area contributed by atoms with Gasteiger partial charge in [-0.25, -0.2) is 9.97 Å². The maximum atomic E-state index is 12.6. The van der Waals surface area contributed by atoms with Gasteiger partial charge in [0.15, 0.2) is 0 Å². The molecule has 4 heterocycles. The number of amides is 1. The van der Waals surface area contributed by atoms with Crippen LogP contribution >= 0.6 is 0 Å². The molecule has 2 fully saturated rings. The molecule has 7 nitrogen and oxygen atoms in total. The van der Waals surface area contributed by atoms with Gasteiger partial charge in [-0.2, -0.15) is 0 Å². The molecular formula is C20H26N6O. The summed E-state index contributed by atoms with van der Waals surface area (Å²) in [7, 11) is 0. The highest BCUT2D eigenvalue weighted by atomic mass is 16.2. The van der Waals surface area contributed by atoms with Gasteiger partial charge >= 0.3 is 0 Å². The fraction of sp³-hybridized carbons (Fsp3) is 0.500. The van der Waals surface area contributed by atoms with Crippen molar-refractivity contribution >= 4 is 11.9 Å². The maximum Gasteiger partial charge on any atom is 0.236 e. The lowest BCUT2D eigenvalue weighted by atomic mass is 9.96. The van der Waals surface area contributed by atoms with E-state index in [2.05, 4.69) is 25.9 Å². The average molecular weight is 366 g/mol. The Morgan fingerprint density at radius 2 is 1.74 bits per heavy atom. The molecule has 2 aromatic rings. The molecule has 0 unspecified atom stereocenters. The molecular weight excluding hydrogens is 340 g/mol. The van der Waals surface area contributed by atoms with E-state index in [1.165, 1.54) is 12.0 Å². The zero-order chi connectivity index (χ0) is 18.6. The van der Waals surface area contributed by atoms with E-state index in [4.69, 9.17) is 5.73 Å². The second-order valence-electron chi connectivity index (χ2n) is 7.38. The van der Waals surface area contributed by atoms with Crippen LogP contribution in [-0.2, 0) is 4.79 Å². The first-order chi connectivity index (χ1) is 13.2. The smallest absolute Gasteiger partial charge is 0.236 e. The molecule has 0 spiro atoms. The topological polar surface area (TPSA) is 88.2 Å². The Hall–Kier alpha value is -2.54. The largest absolute Gasteiger partial charge is 0.368 e. The molecule has 27 heavy (non-hydrogen) atoms. The number of nitrogens with two attached hydrogens (primary N) is 1. The predicted octanol–water partition coefficient (Wildman–Crippen LogP) is 2.27. The van der Waals surface area contributed by atoms with Gasteiger partial charge in [0.1, 0.15) is 0 Å². The van der Waals surface area contributed by atoms with Crippen molar-refractivity contribution in [2.45, 2.75) is 38.1 Å². The van der Waals surface area contributed by atoms with Crippen LogP contribution in [0.5, 0.6) is 0 Å². The molecule has 4 rings (SSSR count). The van der Waals surface area contributed by atoms with Crippen LogP contribution in [0.3, 0.4) is 0 Å². The lowest BCUT2D eigenvalue weighted by Crippen LogP contribution is -2.42. The number of carbonyl (C=O) groups is 1. The van der Waals surface area contributed by atoms with Gasteiger partial charge < -0.3 is 10.6 Å². The number of hydrogen-bond acceptors (Lipinski definition) is 6. The van der Waals surface area contributed by atoms with Crippen molar-refractivity contribution in [3.8, 4) is 11.3 Å². The van der Waals surface area contributed by atoms with Crippen molar-refractivity contribution in [3.63, 3.8) is 0 Å². The molecule has 142 valence electrons. The van der Waals surface area contributed by atoms with Crippen molar-refractivity contribution < 1.29 is 4.79 Å². The Balaban J connectivity index is 1.47. The van der Waals surface area contributed by atoms with E-state index in [0.717, 1.165) is 56.6 Å². The number of anilines is 1. The summed E-state index contributed by atoms with van der Waals surface area (Å²) in [4.78, 5) is 29.6. The second-order valence-corrected chi connectivity index (χ2v) is 7.38. The first-order valence-electron chi connectivity index (χ1n) is 9.76. The number of pyridine rings is 1. The number of hydrogen-bond donors (Lipinski definition) is 1. The van der Waals surface area contributed by atoms with Gasteiger partial charge in [-0.3, -0.25) is 14.7 Å². The van der Waals surface area contributed by atoms with Crippen LogP contribution in [0, 0.1) is 0 Å². The van der Waals surface area contributed by atoms with Crippen molar-refractivity contribution in [2.75, 3.05) is 31.9 Å². The summed E-state index contributed by atoms with van der Waals surface area (Å²) in [5.41, 5.74) is 8.39. The van der Waals surface area contributed by atoms with Crippen LogP contribution in [0.4, 0.5) is 5.95 Å². The summed E-state index contributed by atoms with van der Waals surface area (Å²) in [5.74, 6) is 0.527. The monoisotopic (exact) mass is 366 g/mol. The van der Waals surface area contributed by atoms with Gasteiger partial charge in [0.2, 0.25) is 11.9 Å². The highest BCUT2D eigenvalue weighted by Gasteiger charge is 2.28. The summed E-state index contributed by atoms with van der Waals surface area (Å²) >= 11 is 0. The van der Waals surface area contributed by atoms with Gasteiger partial charge in [-0.1, -0.05) is 12.5 Å². The number of rotatable bonds is 4. The first-order valence-corrected chi connectivity index (χ1v) is 9.76. The fourth-order valence-corrected chi connectivity index (χ4v) is 4.04. The maximum absolute atomic E-state index is 12.6. The molecule has 0 aromatic carbocycles.